The van der Waals surface area contributed by atoms with Gasteiger partial charge in [0.15, 0.2) is 0 Å². The quantitative estimate of drug-likeness (QED) is 0.163. The Hall–Kier alpha value is -5.68. The van der Waals surface area contributed by atoms with Gasteiger partial charge < -0.3 is 16.0 Å². The number of piperazine rings is 1. The SMILES string of the molecule is Nc1cc(F)ccc1NC(=O)/C=C/c1ccc(CN2CCN(C(=O)c3cc(Cc4n[nH]c(=O)c5ccccc45)ccc3F)CC2)cc1. The van der Waals surface area contributed by atoms with Crippen LogP contribution in [0.2, 0.25) is 0 Å². The number of nitrogen functional groups attached to an aromatic ring is 1. The average molecular weight is 635 g/mol. The number of halogens is 2. The van der Waals surface area contributed by atoms with Crippen molar-refractivity contribution in [1.82, 2.24) is 20.0 Å². The summed E-state index contributed by atoms with van der Waals surface area (Å²) in [5.41, 5.74) is 9.24. The lowest BCUT2D eigenvalue weighted by Gasteiger charge is -2.35. The van der Waals surface area contributed by atoms with E-state index in [0.717, 1.165) is 22.8 Å². The predicted octanol–water partition coefficient (Wildman–Crippen LogP) is 4.98. The number of hydrogen-bond donors (Lipinski definition) is 3. The van der Waals surface area contributed by atoms with Gasteiger partial charge in [-0.05, 0) is 59.2 Å². The second-order valence-electron chi connectivity index (χ2n) is 11.4. The number of hydrogen-bond acceptors (Lipinski definition) is 6. The molecule has 2 heterocycles. The minimum atomic E-state index is -0.577. The van der Waals surface area contributed by atoms with Crippen LogP contribution in [0.3, 0.4) is 0 Å². The molecule has 1 aliphatic heterocycles. The first kappa shape index (κ1) is 31.3. The Balaban J connectivity index is 1.02. The standard InChI is InChI=1S/C36H32F2N6O3/c37-26-11-13-32(31(39)21-26)40-34(45)14-10-23-5-7-24(8-6-23)22-43-15-17-44(18-16-43)36(47)29-19-25(9-12-30(29)38)20-33-27-3-1-2-4-28(27)35(46)42-41-33/h1-14,19,21H,15-18,20,22,39H2,(H,40,45)(H,42,46)/b14-10+. The number of aromatic amines is 1. The molecule has 4 N–H and O–H groups in total. The summed E-state index contributed by atoms with van der Waals surface area (Å²) >= 11 is 0. The molecule has 1 aliphatic rings. The number of H-pyrrole nitrogens is 1. The Kier molecular flexibility index (Phi) is 9.16. The zero-order chi connectivity index (χ0) is 32.9. The van der Waals surface area contributed by atoms with Crippen molar-refractivity contribution in [1.29, 1.82) is 0 Å². The van der Waals surface area contributed by atoms with Crippen molar-refractivity contribution < 1.29 is 18.4 Å². The molecule has 5 aromatic rings. The van der Waals surface area contributed by atoms with Crippen molar-refractivity contribution in [3.8, 4) is 0 Å². The van der Waals surface area contributed by atoms with Gasteiger partial charge in [0.25, 0.3) is 11.5 Å². The maximum absolute atomic E-state index is 14.9. The van der Waals surface area contributed by atoms with Crippen molar-refractivity contribution in [3.63, 3.8) is 0 Å². The number of fused-ring (bicyclic) bond motifs is 1. The molecule has 9 nitrogen and oxygen atoms in total. The maximum atomic E-state index is 14.9. The van der Waals surface area contributed by atoms with Crippen LogP contribution in [0.25, 0.3) is 16.8 Å². The number of carbonyl (C=O) groups is 2. The molecule has 4 aromatic carbocycles. The molecule has 0 aliphatic carbocycles. The van der Waals surface area contributed by atoms with Crippen molar-refractivity contribution in [2.75, 3.05) is 37.2 Å². The Bertz CT molecular complexity index is 2040. The average Bonchev–Trinajstić information content (AvgIpc) is 3.08. The monoisotopic (exact) mass is 634 g/mol. The van der Waals surface area contributed by atoms with Crippen LogP contribution in [0, 0.1) is 11.6 Å². The second-order valence-corrected chi connectivity index (χ2v) is 11.4. The molecule has 0 unspecified atom stereocenters. The molecule has 238 valence electrons. The summed E-state index contributed by atoms with van der Waals surface area (Å²) in [5.74, 6) is -1.79. The minimum Gasteiger partial charge on any atom is -0.397 e. The van der Waals surface area contributed by atoms with E-state index in [9.17, 15) is 23.2 Å². The molecule has 6 rings (SSSR count). The number of nitrogens with zero attached hydrogens (tertiary/aromatic N) is 3. The molecule has 1 fully saturated rings. The molecule has 1 aromatic heterocycles. The number of nitrogens with two attached hydrogens (primary N) is 1. The molecule has 0 atom stereocenters. The highest BCUT2D eigenvalue weighted by Crippen LogP contribution is 2.21. The Morgan fingerprint density at radius 2 is 1.62 bits per heavy atom. The number of aromatic nitrogens is 2. The highest BCUT2D eigenvalue weighted by molar-refractivity contribution is 6.03. The summed E-state index contributed by atoms with van der Waals surface area (Å²) < 4.78 is 28.1. The van der Waals surface area contributed by atoms with Crippen molar-refractivity contribution in [2.24, 2.45) is 0 Å². The second kappa shape index (κ2) is 13.8. The van der Waals surface area contributed by atoms with Crippen molar-refractivity contribution in [2.45, 2.75) is 13.0 Å². The van der Waals surface area contributed by atoms with E-state index in [-0.39, 0.29) is 28.6 Å². The summed E-state index contributed by atoms with van der Waals surface area (Å²) in [7, 11) is 0. The zero-order valence-corrected chi connectivity index (χ0v) is 25.4. The Morgan fingerprint density at radius 1 is 0.894 bits per heavy atom. The van der Waals surface area contributed by atoms with Gasteiger partial charge in [-0.15, -0.1) is 0 Å². The van der Waals surface area contributed by atoms with Gasteiger partial charge in [-0.3, -0.25) is 19.3 Å². The summed E-state index contributed by atoms with van der Waals surface area (Å²) in [6.45, 7) is 2.87. The number of carbonyl (C=O) groups excluding carboxylic acids is 2. The lowest BCUT2D eigenvalue weighted by atomic mass is 10.0. The first-order valence-corrected chi connectivity index (χ1v) is 15.1. The molecule has 11 heteroatoms. The Morgan fingerprint density at radius 3 is 2.36 bits per heavy atom. The summed E-state index contributed by atoms with van der Waals surface area (Å²) in [6.07, 6.45) is 3.39. The van der Waals surface area contributed by atoms with Crippen LogP contribution in [-0.2, 0) is 17.8 Å². The van der Waals surface area contributed by atoms with Crippen LogP contribution in [0.4, 0.5) is 20.2 Å². The van der Waals surface area contributed by atoms with Gasteiger partial charge in [-0.25, -0.2) is 13.9 Å². The first-order chi connectivity index (χ1) is 22.7. The fourth-order valence-electron chi connectivity index (χ4n) is 5.61. The van der Waals surface area contributed by atoms with Crippen molar-refractivity contribution >= 4 is 40.0 Å². The highest BCUT2D eigenvalue weighted by atomic mass is 19.1. The van der Waals surface area contributed by atoms with Crippen LogP contribution in [0.1, 0.15) is 32.7 Å². The third-order valence-electron chi connectivity index (χ3n) is 8.15. The number of amides is 2. The van der Waals surface area contributed by atoms with Gasteiger partial charge >= 0.3 is 0 Å². The van der Waals surface area contributed by atoms with Crippen LogP contribution in [0.15, 0.2) is 95.8 Å². The fraction of sp³-hybridized carbons (Fsp3) is 0.167. The van der Waals surface area contributed by atoms with E-state index in [1.165, 1.54) is 24.3 Å². The molecular weight excluding hydrogens is 602 g/mol. The van der Waals surface area contributed by atoms with E-state index in [4.69, 9.17) is 5.73 Å². The topological polar surface area (TPSA) is 124 Å². The number of benzene rings is 4. The summed E-state index contributed by atoms with van der Waals surface area (Å²) in [4.78, 5) is 41.7. The molecule has 0 spiro atoms. The van der Waals surface area contributed by atoms with Gasteiger partial charge in [0.1, 0.15) is 11.6 Å². The third-order valence-corrected chi connectivity index (χ3v) is 8.15. The molecule has 2 amide bonds. The first-order valence-electron chi connectivity index (χ1n) is 15.1. The summed E-state index contributed by atoms with van der Waals surface area (Å²) in [6, 6.07) is 23.2. The van der Waals surface area contributed by atoms with Crippen LogP contribution in [-0.4, -0.2) is 58.0 Å². The Labute approximate surface area is 269 Å². The van der Waals surface area contributed by atoms with Crippen molar-refractivity contribution in [3.05, 3.63) is 141 Å². The highest BCUT2D eigenvalue weighted by Gasteiger charge is 2.24. The maximum Gasteiger partial charge on any atom is 0.272 e. The van der Waals surface area contributed by atoms with E-state index >= 15 is 0 Å². The van der Waals surface area contributed by atoms with E-state index in [2.05, 4.69) is 20.4 Å². The number of rotatable bonds is 8. The van der Waals surface area contributed by atoms with E-state index in [1.54, 1.807) is 35.2 Å². The minimum absolute atomic E-state index is 0.0168. The van der Waals surface area contributed by atoms with E-state index in [1.807, 2.05) is 36.4 Å². The number of nitrogens with one attached hydrogen (secondary N) is 2. The number of anilines is 2. The lowest BCUT2D eigenvalue weighted by molar-refractivity contribution is -0.111. The van der Waals surface area contributed by atoms with Gasteiger partial charge in [0, 0.05) is 50.6 Å². The smallest absolute Gasteiger partial charge is 0.272 e. The van der Waals surface area contributed by atoms with Gasteiger partial charge in [-0.1, -0.05) is 48.5 Å². The largest absolute Gasteiger partial charge is 0.397 e. The summed E-state index contributed by atoms with van der Waals surface area (Å²) in [5, 5.41) is 10.6. The van der Waals surface area contributed by atoms with Gasteiger partial charge in [-0.2, -0.15) is 5.10 Å². The molecular formula is C36H32F2N6O3. The van der Waals surface area contributed by atoms with Gasteiger partial charge in [0.05, 0.1) is 28.0 Å². The zero-order valence-electron chi connectivity index (χ0n) is 25.4. The fourth-order valence-corrected chi connectivity index (χ4v) is 5.61. The van der Waals surface area contributed by atoms with E-state index in [0.29, 0.717) is 61.3 Å². The van der Waals surface area contributed by atoms with Crippen LogP contribution < -0.4 is 16.6 Å². The van der Waals surface area contributed by atoms with Crippen LogP contribution >= 0.6 is 0 Å². The third kappa shape index (κ3) is 7.42. The molecule has 1 saturated heterocycles. The van der Waals surface area contributed by atoms with Gasteiger partial charge in [0.2, 0.25) is 5.91 Å². The normalized spacial score (nSPS) is 13.7. The predicted molar refractivity (Wildman–Crippen MR) is 178 cm³/mol. The van der Waals surface area contributed by atoms with Crippen LogP contribution in [0.5, 0.6) is 0 Å². The molecule has 0 saturated carbocycles. The lowest BCUT2D eigenvalue weighted by Crippen LogP contribution is -2.48. The van der Waals surface area contributed by atoms with E-state index < -0.39 is 11.6 Å². The molecule has 47 heavy (non-hydrogen) atoms. The molecule has 0 bridgehead atoms. The molecule has 0 radical (unpaired) electrons.